The molecule has 1 aliphatic heterocycles. The molecule has 1 fully saturated rings. The normalized spacial score (nSPS) is 15.1. The predicted octanol–water partition coefficient (Wildman–Crippen LogP) is 2.44. The smallest absolute Gasteiger partial charge is 0.341 e. The third kappa shape index (κ3) is 4.72. The van der Waals surface area contributed by atoms with Gasteiger partial charge in [-0.15, -0.1) is 0 Å². The molecule has 2 N–H and O–H groups in total. The van der Waals surface area contributed by atoms with E-state index < -0.39 is 30.4 Å². The Bertz CT molecular complexity index is 1100. The number of carboxylic acid groups (broad SMARTS) is 1. The van der Waals surface area contributed by atoms with Crippen LogP contribution < -0.4 is 19.7 Å². The van der Waals surface area contributed by atoms with Crippen LogP contribution in [0.5, 0.6) is 11.5 Å². The molecule has 0 bridgehead atoms. The molecule has 0 atom stereocenters. The van der Waals surface area contributed by atoms with E-state index in [0.717, 1.165) is 16.0 Å². The van der Waals surface area contributed by atoms with Crippen LogP contribution in [0.2, 0.25) is 0 Å². The summed E-state index contributed by atoms with van der Waals surface area (Å²) >= 11 is 0. The summed E-state index contributed by atoms with van der Waals surface area (Å²) < 4.78 is 10.3. The van der Waals surface area contributed by atoms with Crippen LogP contribution in [-0.2, 0) is 14.4 Å². The number of nitrogens with zero attached hydrogens (tertiary/aromatic N) is 1. The molecule has 4 amide bonds. The Morgan fingerprint density at radius 2 is 1.74 bits per heavy atom. The Labute approximate surface area is 177 Å². The van der Waals surface area contributed by atoms with Crippen molar-refractivity contribution < 1.29 is 33.8 Å². The predicted molar refractivity (Wildman–Crippen MR) is 111 cm³/mol. The molecule has 0 saturated carbocycles. The molecule has 0 spiro atoms. The second-order valence-corrected chi connectivity index (χ2v) is 6.90. The van der Waals surface area contributed by atoms with E-state index in [4.69, 9.17) is 14.6 Å². The highest BCUT2D eigenvalue weighted by molar-refractivity contribution is 6.39. The summed E-state index contributed by atoms with van der Waals surface area (Å²) in [5.74, 6) is -2.31. The minimum absolute atomic E-state index is 0.193. The van der Waals surface area contributed by atoms with Crippen molar-refractivity contribution in [1.29, 1.82) is 0 Å². The van der Waals surface area contributed by atoms with Gasteiger partial charge in [0, 0.05) is 0 Å². The summed E-state index contributed by atoms with van der Waals surface area (Å²) in [7, 11) is 1.37. The first-order valence-electron chi connectivity index (χ1n) is 9.22. The molecule has 1 saturated heterocycles. The number of imide groups is 2. The van der Waals surface area contributed by atoms with Gasteiger partial charge in [-0.2, -0.15) is 0 Å². The number of barbiturate groups is 1. The lowest BCUT2D eigenvalue weighted by Crippen LogP contribution is -2.54. The van der Waals surface area contributed by atoms with Gasteiger partial charge in [-0.3, -0.25) is 14.9 Å². The number of urea groups is 1. The van der Waals surface area contributed by atoms with Gasteiger partial charge in [0.05, 0.1) is 12.8 Å². The lowest BCUT2D eigenvalue weighted by Gasteiger charge is -2.27. The summed E-state index contributed by atoms with van der Waals surface area (Å²) in [6, 6.07) is 8.91. The van der Waals surface area contributed by atoms with E-state index in [1.165, 1.54) is 31.4 Å². The van der Waals surface area contributed by atoms with Gasteiger partial charge in [0.1, 0.15) is 5.57 Å². The molecular weight excluding hydrogens is 404 g/mol. The molecule has 1 heterocycles. The third-order valence-electron chi connectivity index (χ3n) is 4.42. The second kappa shape index (κ2) is 8.70. The number of aliphatic carboxylic acids is 1. The van der Waals surface area contributed by atoms with Crippen LogP contribution in [-0.4, -0.2) is 42.6 Å². The number of amides is 4. The highest BCUT2D eigenvalue weighted by Crippen LogP contribution is 2.30. The van der Waals surface area contributed by atoms with Gasteiger partial charge in [0.15, 0.2) is 18.1 Å². The van der Waals surface area contributed by atoms with Crippen LogP contribution in [0.1, 0.15) is 16.7 Å². The van der Waals surface area contributed by atoms with E-state index in [1.807, 2.05) is 19.9 Å². The second-order valence-electron chi connectivity index (χ2n) is 6.90. The molecule has 0 aliphatic carbocycles. The zero-order valence-electron chi connectivity index (χ0n) is 17.1. The van der Waals surface area contributed by atoms with Crippen molar-refractivity contribution in [1.82, 2.24) is 5.32 Å². The highest BCUT2D eigenvalue weighted by atomic mass is 16.5. The number of benzene rings is 2. The summed E-state index contributed by atoms with van der Waals surface area (Å²) in [6.45, 7) is 3.13. The Kier molecular flexibility index (Phi) is 6.05. The molecule has 2 aromatic carbocycles. The average molecular weight is 424 g/mol. The monoisotopic (exact) mass is 424 g/mol. The molecule has 160 valence electrons. The number of carboxylic acids is 1. The van der Waals surface area contributed by atoms with E-state index in [0.29, 0.717) is 11.3 Å². The molecule has 9 nitrogen and oxygen atoms in total. The summed E-state index contributed by atoms with van der Waals surface area (Å²) in [5.41, 5.74) is 2.26. The van der Waals surface area contributed by atoms with E-state index in [1.54, 1.807) is 12.1 Å². The lowest BCUT2D eigenvalue weighted by atomic mass is 10.0. The number of aryl methyl sites for hydroxylation is 2. The standard InChI is InChI=1S/C22H20N2O7/c1-12-6-13(2)8-15(7-12)24-21(28)16(20(27)23-22(24)29)9-14-4-5-17(18(10-14)30-3)31-11-19(25)26/h4-10H,11H2,1-3H3,(H,25,26)(H,23,27,29)/b16-9+. The number of ether oxygens (including phenoxy) is 2. The maximum Gasteiger partial charge on any atom is 0.341 e. The van der Waals surface area contributed by atoms with E-state index in [2.05, 4.69) is 5.32 Å². The molecule has 2 aromatic rings. The Morgan fingerprint density at radius 1 is 1.06 bits per heavy atom. The number of carbonyl (C=O) groups excluding carboxylic acids is 3. The van der Waals surface area contributed by atoms with Crippen LogP contribution in [0.3, 0.4) is 0 Å². The van der Waals surface area contributed by atoms with Crippen LogP contribution in [0.25, 0.3) is 6.08 Å². The first-order chi connectivity index (χ1) is 14.7. The number of carbonyl (C=O) groups is 4. The van der Waals surface area contributed by atoms with E-state index in [-0.39, 0.29) is 17.1 Å². The minimum atomic E-state index is -1.14. The number of hydrogen-bond acceptors (Lipinski definition) is 6. The van der Waals surface area contributed by atoms with Crippen molar-refractivity contribution in [2.45, 2.75) is 13.8 Å². The molecule has 0 unspecified atom stereocenters. The largest absolute Gasteiger partial charge is 0.493 e. The molecular formula is C22H20N2O7. The maximum atomic E-state index is 13.0. The number of nitrogens with one attached hydrogen (secondary N) is 1. The van der Waals surface area contributed by atoms with Gasteiger partial charge >= 0.3 is 12.0 Å². The molecule has 1 aliphatic rings. The van der Waals surface area contributed by atoms with Crippen molar-refractivity contribution >= 4 is 35.6 Å². The number of hydrogen-bond donors (Lipinski definition) is 2. The van der Waals surface area contributed by atoms with Gasteiger partial charge in [0.25, 0.3) is 11.8 Å². The highest BCUT2D eigenvalue weighted by Gasteiger charge is 2.37. The zero-order valence-corrected chi connectivity index (χ0v) is 17.1. The van der Waals surface area contributed by atoms with Gasteiger partial charge in [0.2, 0.25) is 0 Å². The van der Waals surface area contributed by atoms with Crippen LogP contribution >= 0.6 is 0 Å². The fourth-order valence-corrected chi connectivity index (χ4v) is 3.17. The first kappa shape index (κ1) is 21.6. The number of anilines is 1. The summed E-state index contributed by atoms with van der Waals surface area (Å²) in [6.07, 6.45) is 1.32. The maximum absolute atomic E-state index is 13.0. The topological polar surface area (TPSA) is 122 Å². The third-order valence-corrected chi connectivity index (χ3v) is 4.42. The molecule has 31 heavy (non-hydrogen) atoms. The molecule has 3 rings (SSSR count). The molecule has 0 radical (unpaired) electrons. The number of rotatable bonds is 6. The summed E-state index contributed by atoms with van der Waals surface area (Å²) in [5, 5.41) is 10.9. The van der Waals surface area contributed by atoms with Crippen LogP contribution in [0.15, 0.2) is 42.0 Å². The van der Waals surface area contributed by atoms with E-state index in [9.17, 15) is 19.2 Å². The van der Waals surface area contributed by atoms with Gasteiger partial charge in [-0.05, 0) is 60.9 Å². The minimum Gasteiger partial charge on any atom is -0.493 e. The Morgan fingerprint density at radius 3 is 2.35 bits per heavy atom. The SMILES string of the molecule is COc1cc(/C=C2\C(=O)NC(=O)N(c3cc(C)cc(C)c3)C2=O)ccc1OCC(=O)O. The van der Waals surface area contributed by atoms with E-state index >= 15 is 0 Å². The van der Waals surface area contributed by atoms with Crippen LogP contribution in [0, 0.1) is 13.8 Å². The van der Waals surface area contributed by atoms with Gasteiger partial charge < -0.3 is 14.6 Å². The fraction of sp³-hybridized carbons (Fsp3) is 0.182. The average Bonchev–Trinajstić information content (AvgIpc) is 2.69. The first-order valence-corrected chi connectivity index (χ1v) is 9.22. The Hall–Kier alpha value is -4.14. The lowest BCUT2D eigenvalue weighted by molar-refractivity contribution is -0.139. The Balaban J connectivity index is 1.97. The molecule has 9 heteroatoms. The summed E-state index contributed by atoms with van der Waals surface area (Å²) in [4.78, 5) is 49.4. The van der Waals surface area contributed by atoms with Crippen molar-refractivity contribution in [3.05, 3.63) is 58.7 Å². The zero-order chi connectivity index (χ0) is 22.7. The quantitative estimate of drug-likeness (QED) is 0.539. The van der Waals surface area contributed by atoms with Crippen molar-refractivity contribution in [2.75, 3.05) is 18.6 Å². The van der Waals surface area contributed by atoms with Crippen LogP contribution in [0.4, 0.5) is 10.5 Å². The fourth-order valence-electron chi connectivity index (χ4n) is 3.17. The van der Waals surface area contributed by atoms with Gasteiger partial charge in [-0.1, -0.05) is 12.1 Å². The van der Waals surface area contributed by atoms with Crippen molar-refractivity contribution in [3.8, 4) is 11.5 Å². The molecule has 0 aromatic heterocycles. The van der Waals surface area contributed by atoms with Crippen molar-refractivity contribution in [3.63, 3.8) is 0 Å². The van der Waals surface area contributed by atoms with Gasteiger partial charge in [-0.25, -0.2) is 14.5 Å². The van der Waals surface area contributed by atoms with Crippen molar-refractivity contribution in [2.24, 2.45) is 0 Å². The number of methoxy groups -OCH3 is 1.